The molecule has 5 nitrogen and oxygen atoms in total. The van der Waals surface area contributed by atoms with E-state index in [0.29, 0.717) is 38.9 Å². The van der Waals surface area contributed by atoms with Gasteiger partial charge >= 0.3 is 0 Å². The summed E-state index contributed by atoms with van der Waals surface area (Å²) in [4.78, 5) is 3.58. The van der Waals surface area contributed by atoms with Gasteiger partial charge in [-0.3, -0.25) is 4.72 Å². The Morgan fingerprint density at radius 3 is 2.60 bits per heavy atom. The fourth-order valence-electron chi connectivity index (χ4n) is 3.78. The molecule has 3 rings (SSSR count). The van der Waals surface area contributed by atoms with Crippen LogP contribution in [0.3, 0.4) is 0 Å². The van der Waals surface area contributed by atoms with E-state index in [1.165, 1.54) is 27.1 Å². The zero-order valence-electron chi connectivity index (χ0n) is 17.8. The van der Waals surface area contributed by atoms with Gasteiger partial charge in [-0.1, -0.05) is 23.7 Å². The average Bonchev–Trinajstić information content (AvgIpc) is 2.73. The first-order valence-electron chi connectivity index (χ1n) is 10.4. The summed E-state index contributed by atoms with van der Waals surface area (Å²) in [5, 5.41) is 0.824. The Kier molecular flexibility index (Phi) is 9.46. The molecule has 7 heteroatoms. The number of hydrogen-bond acceptors (Lipinski definition) is 6. The highest BCUT2D eigenvalue weighted by Crippen LogP contribution is 2.36. The van der Waals surface area contributed by atoms with Crippen LogP contribution in [0.2, 0.25) is 5.02 Å². The van der Waals surface area contributed by atoms with Gasteiger partial charge in [0.2, 0.25) is 0 Å². The fraction of sp³-hybridized carbons (Fsp3) is 0.478. The number of ether oxygens (including phenoxy) is 2. The van der Waals surface area contributed by atoms with Crippen molar-refractivity contribution in [1.82, 2.24) is 9.62 Å². The molecule has 1 aliphatic heterocycles. The normalized spacial score (nSPS) is 16.6. The molecule has 1 heterocycles. The van der Waals surface area contributed by atoms with Gasteiger partial charge in [0, 0.05) is 42.0 Å². The molecule has 0 amide bonds. The number of nitrogens with zero attached hydrogens (tertiary/aromatic N) is 1. The minimum absolute atomic E-state index is 0.345. The third kappa shape index (κ3) is 6.69. The molecule has 164 valence electrons. The number of aryl methyl sites for hydroxylation is 1. The van der Waals surface area contributed by atoms with E-state index >= 15 is 0 Å². The summed E-state index contributed by atoms with van der Waals surface area (Å²) < 4.78 is 14.1. The van der Waals surface area contributed by atoms with Gasteiger partial charge < -0.3 is 20.1 Å². The molecule has 0 spiro atoms. The molecule has 2 aromatic rings. The van der Waals surface area contributed by atoms with E-state index in [2.05, 4.69) is 60.0 Å². The Labute approximate surface area is 189 Å². The van der Waals surface area contributed by atoms with Crippen LogP contribution < -0.4 is 10.5 Å². The topological polar surface area (TPSA) is 59.8 Å². The van der Waals surface area contributed by atoms with Gasteiger partial charge in [0.05, 0.1) is 26.4 Å². The Balaban J connectivity index is 1.50. The molecule has 0 bridgehead atoms. The summed E-state index contributed by atoms with van der Waals surface area (Å²) in [5.41, 5.74) is 10.7. The van der Waals surface area contributed by atoms with Crippen molar-refractivity contribution in [3.05, 3.63) is 63.7 Å². The SMILES string of the molecule is Cc1cc(Cl)cc2c1CN(C)CC2c1ccc(SNCCOCCOCCN)cc1. The summed E-state index contributed by atoms with van der Waals surface area (Å²) in [5.74, 6) is 0.345. The monoisotopic (exact) mass is 449 g/mol. The minimum atomic E-state index is 0.345. The van der Waals surface area contributed by atoms with Crippen LogP contribution in [0.5, 0.6) is 0 Å². The molecule has 1 unspecified atom stereocenters. The van der Waals surface area contributed by atoms with Gasteiger partial charge in [-0.2, -0.15) is 0 Å². The number of hydrogen-bond donors (Lipinski definition) is 2. The highest BCUT2D eigenvalue weighted by molar-refractivity contribution is 7.97. The van der Waals surface area contributed by atoms with Crippen molar-refractivity contribution in [1.29, 1.82) is 0 Å². The zero-order valence-corrected chi connectivity index (χ0v) is 19.4. The van der Waals surface area contributed by atoms with E-state index in [0.717, 1.165) is 24.7 Å². The summed E-state index contributed by atoms with van der Waals surface area (Å²) in [6.45, 7) is 7.90. The van der Waals surface area contributed by atoms with Crippen LogP contribution >= 0.6 is 23.5 Å². The van der Waals surface area contributed by atoms with E-state index < -0.39 is 0 Å². The molecule has 3 N–H and O–H groups in total. The molecule has 0 fully saturated rings. The standard InChI is InChI=1S/C23H32ClN3O2S/c1-17-13-19(24)14-21-22(17)15-27(2)16-23(21)18-3-5-20(6-4-18)30-26-8-10-29-12-11-28-9-7-25/h3-6,13-14,23,26H,7-12,15-16,25H2,1-2H3. The van der Waals surface area contributed by atoms with Crippen molar-refractivity contribution in [3.8, 4) is 0 Å². The molecule has 0 radical (unpaired) electrons. The van der Waals surface area contributed by atoms with Gasteiger partial charge in [-0.05, 0) is 72.4 Å². The number of nitrogens with one attached hydrogen (secondary N) is 1. The van der Waals surface area contributed by atoms with Gasteiger partial charge in [-0.15, -0.1) is 0 Å². The predicted octanol–water partition coefficient (Wildman–Crippen LogP) is 3.81. The summed E-state index contributed by atoms with van der Waals surface area (Å²) in [7, 11) is 2.19. The van der Waals surface area contributed by atoms with E-state index in [9.17, 15) is 0 Å². The lowest BCUT2D eigenvalue weighted by Crippen LogP contribution is -2.31. The molecule has 0 aromatic heterocycles. The fourth-order valence-corrected chi connectivity index (χ4v) is 4.68. The summed E-state index contributed by atoms with van der Waals surface area (Å²) in [6, 6.07) is 13.0. The molecule has 30 heavy (non-hydrogen) atoms. The van der Waals surface area contributed by atoms with Crippen LogP contribution in [0.1, 0.15) is 28.2 Å². The molecular weight excluding hydrogens is 418 g/mol. The predicted molar refractivity (Wildman–Crippen MR) is 125 cm³/mol. The second-order valence-electron chi connectivity index (χ2n) is 7.62. The van der Waals surface area contributed by atoms with Crippen LogP contribution in [-0.4, -0.2) is 58.0 Å². The number of fused-ring (bicyclic) bond motifs is 1. The lowest BCUT2D eigenvalue weighted by molar-refractivity contribution is 0.0532. The smallest absolute Gasteiger partial charge is 0.0701 e. The molecular formula is C23H32ClN3O2S. The second-order valence-corrected chi connectivity index (χ2v) is 9.02. The molecule has 2 aromatic carbocycles. The van der Waals surface area contributed by atoms with Crippen molar-refractivity contribution < 1.29 is 9.47 Å². The first-order chi connectivity index (χ1) is 14.6. The quantitative estimate of drug-likeness (QED) is 0.402. The maximum absolute atomic E-state index is 6.37. The first kappa shape index (κ1) is 23.5. The summed E-state index contributed by atoms with van der Waals surface area (Å²) in [6.07, 6.45) is 0. The van der Waals surface area contributed by atoms with Crippen LogP contribution in [0.25, 0.3) is 0 Å². The lowest BCUT2D eigenvalue weighted by Gasteiger charge is -2.34. The maximum Gasteiger partial charge on any atom is 0.0701 e. The Morgan fingerprint density at radius 1 is 1.13 bits per heavy atom. The van der Waals surface area contributed by atoms with Gasteiger partial charge in [0.1, 0.15) is 0 Å². The second kappa shape index (κ2) is 12.1. The van der Waals surface area contributed by atoms with Crippen molar-refractivity contribution in [2.75, 3.05) is 53.1 Å². The van der Waals surface area contributed by atoms with Crippen LogP contribution in [0, 0.1) is 6.92 Å². The molecule has 0 saturated carbocycles. The van der Waals surface area contributed by atoms with Crippen molar-refractivity contribution in [3.63, 3.8) is 0 Å². The Bertz CT molecular complexity index is 804. The van der Waals surface area contributed by atoms with Gasteiger partial charge in [0.15, 0.2) is 0 Å². The molecule has 1 atom stereocenters. The number of likely N-dealkylation sites (N-methyl/N-ethyl adjacent to an activating group) is 1. The van der Waals surface area contributed by atoms with Gasteiger partial charge in [0.25, 0.3) is 0 Å². The number of benzene rings is 2. The highest BCUT2D eigenvalue weighted by atomic mass is 35.5. The highest BCUT2D eigenvalue weighted by Gasteiger charge is 2.26. The minimum Gasteiger partial charge on any atom is -0.378 e. The summed E-state index contributed by atoms with van der Waals surface area (Å²) >= 11 is 8.00. The number of halogens is 1. The average molecular weight is 450 g/mol. The van der Waals surface area contributed by atoms with Crippen molar-refractivity contribution in [2.45, 2.75) is 24.3 Å². The van der Waals surface area contributed by atoms with Crippen molar-refractivity contribution in [2.24, 2.45) is 5.73 Å². The van der Waals surface area contributed by atoms with Crippen LogP contribution in [0.15, 0.2) is 41.3 Å². The van der Waals surface area contributed by atoms with Gasteiger partial charge in [-0.25, -0.2) is 0 Å². The third-order valence-corrected chi connectivity index (χ3v) is 6.30. The largest absolute Gasteiger partial charge is 0.378 e. The number of rotatable bonds is 11. The molecule has 1 aliphatic rings. The van der Waals surface area contributed by atoms with E-state index in [4.69, 9.17) is 26.8 Å². The maximum atomic E-state index is 6.37. The molecule has 0 saturated heterocycles. The van der Waals surface area contributed by atoms with Crippen LogP contribution in [0.4, 0.5) is 0 Å². The van der Waals surface area contributed by atoms with E-state index in [1.54, 1.807) is 11.9 Å². The van der Waals surface area contributed by atoms with Crippen LogP contribution in [-0.2, 0) is 16.0 Å². The first-order valence-corrected chi connectivity index (χ1v) is 11.6. The lowest BCUT2D eigenvalue weighted by atomic mass is 9.83. The van der Waals surface area contributed by atoms with E-state index in [-0.39, 0.29) is 0 Å². The Morgan fingerprint density at radius 2 is 1.87 bits per heavy atom. The third-order valence-electron chi connectivity index (χ3n) is 5.23. The Hall–Kier alpha value is -1.12. The number of nitrogens with two attached hydrogens (primary N) is 1. The zero-order chi connectivity index (χ0) is 21.3. The van der Waals surface area contributed by atoms with Crippen molar-refractivity contribution >= 4 is 23.5 Å². The van der Waals surface area contributed by atoms with E-state index in [1.807, 2.05) is 0 Å². The molecule has 0 aliphatic carbocycles.